The number of ether oxygens (including phenoxy) is 2. The lowest BCUT2D eigenvalue weighted by Crippen LogP contribution is -2.37. The molecule has 1 aliphatic heterocycles. The lowest BCUT2D eigenvalue weighted by molar-refractivity contribution is -0.0214. The Kier molecular flexibility index (Phi) is 2.99. The average Bonchev–Trinajstić information content (AvgIpc) is 3.01. The fourth-order valence-electron chi connectivity index (χ4n) is 2.62. The van der Waals surface area contributed by atoms with E-state index in [2.05, 4.69) is 4.98 Å². The van der Waals surface area contributed by atoms with Gasteiger partial charge in [-0.2, -0.15) is 0 Å². The van der Waals surface area contributed by atoms with E-state index in [0.29, 0.717) is 13.2 Å². The summed E-state index contributed by atoms with van der Waals surface area (Å²) in [7, 11) is 1.66. The number of carboxylic acids is 1. The maximum atomic E-state index is 11.1. The Labute approximate surface area is 115 Å². The number of methoxy groups -OCH3 is 1. The molecule has 106 valence electrons. The topological polar surface area (TPSA) is 73.6 Å². The second-order valence-corrected chi connectivity index (χ2v) is 5.21. The molecule has 0 unspecified atom stereocenters. The average molecular weight is 276 g/mol. The molecule has 0 bridgehead atoms. The number of carboxylic acid groups (broad SMARTS) is 1. The molecule has 0 saturated carbocycles. The normalized spacial score (nSPS) is 26.2. The van der Waals surface area contributed by atoms with Gasteiger partial charge in [0.2, 0.25) is 0 Å². The molecule has 2 heterocycles. The Balaban J connectivity index is 2.12. The quantitative estimate of drug-likeness (QED) is 0.923. The van der Waals surface area contributed by atoms with Crippen molar-refractivity contribution >= 4 is 17.0 Å². The predicted octanol–water partition coefficient (Wildman–Crippen LogP) is 1.71. The van der Waals surface area contributed by atoms with Gasteiger partial charge in [-0.15, -0.1) is 0 Å². The third-order valence-electron chi connectivity index (χ3n) is 3.99. The van der Waals surface area contributed by atoms with E-state index in [1.54, 1.807) is 31.6 Å². The van der Waals surface area contributed by atoms with Gasteiger partial charge in [0.05, 0.1) is 42.2 Å². The maximum absolute atomic E-state index is 11.1. The van der Waals surface area contributed by atoms with Gasteiger partial charge in [-0.3, -0.25) is 0 Å². The minimum Gasteiger partial charge on any atom is -0.478 e. The monoisotopic (exact) mass is 276 g/mol. The maximum Gasteiger partial charge on any atom is 0.335 e. The molecule has 2 atom stereocenters. The van der Waals surface area contributed by atoms with E-state index in [-0.39, 0.29) is 11.6 Å². The molecule has 0 aliphatic carbocycles. The van der Waals surface area contributed by atoms with Crippen LogP contribution in [0.1, 0.15) is 23.3 Å². The number of fused-ring (bicyclic) bond motifs is 1. The minimum atomic E-state index is -0.947. The van der Waals surface area contributed by atoms with Crippen molar-refractivity contribution in [3.8, 4) is 0 Å². The van der Waals surface area contributed by atoms with Gasteiger partial charge in [0.25, 0.3) is 0 Å². The molecule has 1 N–H and O–H groups in total. The molecular weight excluding hydrogens is 260 g/mol. The second-order valence-electron chi connectivity index (χ2n) is 5.21. The van der Waals surface area contributed by atoms with Gasteiger partial charge < -0.3 is 19.1 Å². The highest BCUT2D eigenvalue weighted by molar-refractivity contribution is 5.92. The van der Waals surface area contributed by atoms with E-state index < -0.39 is 11.6 Å². The number of hydrogen-bond acceptors (Lipinski definition) is 4. The zero-order valence-electron chi connectivity index (χ0n) is 11.4. The molecule has 0 radical (unpaired) electrons. The summed E-state index contributed by atoms with van der Waals surface area (Å²) in [6.07, 6.45) is 1.72. The van der Waals surface area contributed by atoms with Crippen molar-refractivity contribution in [1.82, 2.24) is 9.55 Å². The van der Waals surface area contributed by atoms with Gasteiger partial charge in [0.1, 0.15) is 5.60 Å². The third kappa shape index (κ3) is 1.88. The van der Waals surface area contributed by atoms with E-state index in [0.717, 1.165) is 11.0 Å². The summed E-state index contributed by atoms with van der Waals surface area (Å²) in [5, 5.41) is 9.11. The molecule has 3 rings (SSSR count). The number of rotatable bonds is 3. The van der Waals surface area contributed by atoms with E-state index in [1.165, 1.54) is 0 Å². The van der Waals surface area contributed by atoms with Crippen LogP contribution in [0.4, 0.5) is 0 Å². The highest BCUT2D eigenvalue weighted by Crippen LogP contribution is 2.34. The predicted molar refractivity (Wildman–Crippen MR) is 72.0 cm³/mol. The third-order valence-corrected chi connectivity index (χ3v) is 3.99. The van der Waals surface area contributed by atoms with Crippen LogP contribution < -0.4 is 0 Å². The first kappa shape index (κ1) is 13.1. The van der Waals surface area contributed by atoms with E-state index in [1.807, 2.05) is 11.5 Å². The van der Waals surface area contributed by atoms with Gasteiger partial charge in [-0.05, 0) is 25.1 Å². The highest BCUT2D eigenvalue weighted by atomic mass is 16.6. The summed E-state index contributed by atoms with van der Waals surface area (Å²) in [6, 6.07) is 4.89. The van der Waals surface area contributed by atoms with Crippen molar-refractivity contribution < 1.29 is 19.4 Å². The number of hydrogen-bond donors (Lipinski definition) is 1. The standard InChI is InChI=1S/C14H16N2O4/c1-14(19-2)7-20-6-12(14)16-8-15-10-4-3-9(13(17)18)5-11(10)16/h3-5,8,12H,6-7H2,1-2H3,(H,17,18)/t12-,14-/m1/s1. The van der Waals surface area contributed by atoms with Crippen LogP contribution in [0.5, 0.6) is 0 Å². The molecule has 1 aromatic heterocycles. The lowest BCUT2D eigenvalue weighted by Gasteiger charge is -2.29. The Hall–Kier alpha value is -1.92. The van der Waals surface area contributed by atoms with Crippen molar-refractivity contribution in [2.75, 3.05) is 20.3 Å². The molecular formula is C14H16N2O4. The summed E-state index contributed by atoms with van der Waals surface area (Å²) < 4.78 is 13.0. The molecule has 0 amide bonds. The molecule has 1 fully saturated rings. The Bertz CT molecular complexity index is 666. The number of nitrogens with zero attached hydrogens (tertiary/aromatic N) is 2. The van der Waals surface area contributed by atoms with Crippen LogP contribution >= 0.6 is 0 Å². The van der Waals surface area contributed by atoms with E-state index in [4.69, 9.17) is 14.6 Å². The summed E-state index contributed by atoms with van der Waals surface area (Å²) in [6.45, 7) is 3.01. The lowest BCUT2D eigenvalue weighted by atomic mass is 10.00. The molecule has 1 aromatic carbocycles. The van der Waals surface area contributed by atoms with Crippen molar-refractivity contribution in [3.63, 3.8) is 0 Å². The van der Waals surface area contributed by atoms with Crippen LogP contribution in [-0.2, 0) is 9.47 Å². The van der Waals surface area contributed by atoms with Crippen LogP contribution in [0.15, 0.2) is 24.5 Å². The smallest absolute Gasteiger partial charge is 0.335 e. The van der Waals surface area contributed by atoms with Gasteiger partial charge >= 0.3 is 5.97 Å². The highest BCUT2D eigenvalue weighted by Gasteiger charge is 2.42. The molecule has 20 heavy (non-hydrogen) atoms. The van der Waals surface area contributed by atoms with Gasteiger partial charge in [0.15, 0.2) is 0 Å². The Morgan fingerprint density at radius 1 is 1.60 bits per heavy atom. The fraction of sp³-hybridized carbons (Fsp3) is 0.429. The molecule has 6 nitrogen and oxygen atoms in total. The van der Waals surface area contributed by atoms with Crippen LogP contribution in [0.25, 0.3) is 11.0 Å². The number of imidazole rings is 1. The summed E-state index contributed by atoms with van der Waals surface area (Å²) >= 11 is 0. The van der Waals surface area contributed by atoms with Crippen LogP contribution in [0, 0.1) is 0 Å². The Morgan fingerprint density at radius 2 is 2.40 bits per heavy atom. The van der Waals surface area contributed by atoms with Crippen molar-refractivity contribution in [3.05, 3.63) is 30.1 Å². The zero-order chi connectivity index (χ0) is 14.3. The van der Waals surface area contributed by atoms with Crippen LogP contribution in [0.2, 0.25) is 0 Å². The van der Waals surface area contributed by atoms with Crippen molar-refractivity contribution in [1.29, 1.82) is 0 Å². The first-order valence-electron chi connectivity index (χ1n) is 6.38. The SMILES string of the molecule is CO[C@]1(C)COC[C@H]1n1cnc2ccc(C(=O)O)cc21. The summed E-state index contributed by atoms with van der Waals surface area (Å²) in [4.78, 5) is 15.4. The van der Waals surface area contributed by atoms with E-state index in [9.17, 15) is 4.79 Å². The second kappa shape index (κ2) is 4.57. The molecule has 1 saturated heterocycles. The zero-order valence-corrected chi connectivity index (χ0v) is 11.4. The van der Waals surface area contributed by atoms with Gasteiger partial charge in [-0.1, -0.05) is 0 Å². The van der Waals surface area contributed by atoms with Gasteiger partial charge in [-0.25, -0.2) is 9.78 Å². The Morgan fingerprint density at radius 3 is 3.10 bits per heavy atom. The number of carbonyl (C=O) groups is 1. The molecule has 1 aliphatic rings. The van der Waals surface area contributed by atoms with Crippen LogP contribution in [0.3, 0.4) is 0 Å². The van der Waals surface area contributed by atoms with Crippen LogP contribution in [-0.4, -0.2) is 46.6 Å². The summed E-state index contributed by atoms with van der Waals surface area (Å²) in [5.41, 5.74) is 1.36. The first-order chi connectivity index (χ1) is 9.55. The largest absolute Gasteiger partial charge is 0.478 e. The van der Waals surface area contributed by atoms with Crippen molar-refractivity contribution in [2.45, 2.75) is 18.6 Å². The van der Waals surface area contributed by atoms with Gasteiger partial charge in [0, 0.05) is 7.11 Å². The first-order valence-corrected chi connectivity index (χ1v) is 6.38. The number of aromatic nitrogens is 2. The summed E-state index contributed by atoms with van der Waals surface area (Å²) in [5.74, 6) is -0.947. The van der Waals surface area contributed by atoms with E-state index >= 15 is 0 Å². The minimum absolute atomic E-state index is 0.0263. The van der Waals surface area contributed by atoms with Crippen molar-refractivity contribution in [2.24, 2.45) is 0 Å². The number of aromatic carboxylic acids is 1. The fourth-order valence-corrected chi connectivity index (χ4v) is 2.62. The molecule has 2 aromatic rings. The molecule has 0 spiro atoms. The number of benzene rings is 1. The molecule has 6 heteroatoms.